The second-order valence-electron chi connectivity index (χ2n) is 4.62. The molecule has 0 aromatic carbocycles. The quantitative estimate of drug-likeness (QED) is 0.625. The minimum absolute atomic E-state index is 0.106. The van der Waals surface area contributed by atoms with Crippen LogP contribution >= 0.6 is 0 Å². The smallest absolute Gasteiger partial charge is 0.329 e. The Bertz CT molecular complexity index is 379. The molecule has 0 bridgehead atoms. The first-order chi connectivity index (χ1) is 9.45. The molecule has 20 heavy (non-hydrogen) atoms. The maximum atomic E-state index is 12.1. The Morgan fingerprint density at radius 3 is 2.35 bits per heavy atom. The number of aliphatic carboxylic acids is 1. The maximum Gasteiger partial charge on any atom is 0.329 e. The second kappa shape index (κ2) is 7.09. The molecule has 1 fully saturated rings. The Labute approximate surface area is 117 Å². The molecule has 8 nitrogen and oxygen atoms in total. The standard InChI is InChI=1S/C12H21N3O5/c1-3-15(8-9(16)13-2)11(19)14-12(10(17)18)4-6-20-7-5-12/h3-8H2,1-2H3,(H,13,16)(H,14,19)(H,17,18). The summed E-state index contributed by atoms with van der Waals surface area (Å²) < 4.78 is 5.13. The second-order valence-corrected chi connectivity index (χ2v) is 4.62. The minimum atomic E-state index is -1.31. The molecule has 114 valence electrons. The zero-order valence-corrected chi connectivity index (χ0v) is 11.8. The summed E-state index contributed by atoms with van der Waals surface area (Å²) in [5, 5.41) is 14.3. The molecule has 0 aromatic rings. The van der Waals surface area contributed by atoms with E-state index >= 15 is 0 Å². The fourth-order valence-corrected chi connectivity index (χ4v) is 1.98. The zero-order valence-electron chi connectivity index (χ0n) is 11.8. The molecule has 3 amide bonds. The highest BCUT2D eigenvalue weighted by molar-refractivity contribution is 5.88. The number of carbonyl (C=O) groups is 3. The largest absolute Gasteiger partial charge is 0.480 e. The van der Waals surface area contributed by atoms with Gasteiger partial charge >= 0.3 is 12.0 Å². The first-order valence-corrected chi connectivity index (χ1v) is 6.54. The van der Waals surface area contributed by atoms with Crippen LogP contribution in [0.25, 0.3) is 0 Å². The fraction of sp³-hybridized carbons (Fsp3) is 0.750. The van der Waals surface area contributed by atoms with Crippen molar-refractivity contribution in [3.8, 4) is 0 Å². The zero-order chi connectivity index (χ0) is 15.2. The van der Waals surface area contributed by atoms with Crippen LogP contribution in [0.4, 0.5) is 4.79 Å². The fourth-order valence-electron chi connectivity index (χ4n) is 1.98. The SMILES string of the molecule is CCN(CC(=O)NC)C(=O)NC1(C(=O)O)CCOCC1. The lowest BCUT2D eigenvalue weighted by molar-refractivity contribution is -0.148. The van der Waals surface area contributed by atoms with Crippen molar-refractivity contribution < 1.29 is 24.2 Å². The molecule has 0 spiro atoms. The lowest BCUT2D eigenvalue weighted by atomic mass is 9.90. The van der Waals surface area contributed by atoms with Gasteiger partial charge in [-0.1, -0.05) is 0 Å². The molecule has 0 atom stereocenters. The molecular formula is C12H21N3O5. The van der Waals surface area contributed by atoms with Gasteiger partial charge in [-0.05, 0) is 6.92 Å². The van der Waals surface area contributed by atoms with Gasteiger partial charge in [-0.15, -0.1) is 0 Å². The molecule has 1 aliphatic rings. The Hall–Kier alpha value is -1.83. The number of rotatable bonds is 5. The van der Waals surface area contributed by atoms with Crippen molar-refractivity contribution >= 4 is 17.9 Å². The summed E-state index contributed by atoms with van der Waals surface area (Å²) in [6.45, 7) is 2.50. The molecule has 0 aliphatic carbocycles. The molecule has 0 aromatic heterocycles. The van der Waals surface area contributed by atoms with Gasteiger partial charge in [-0.2, -0.15) is 0 Å². The van der Waals surface area contributed by atoms with E-state index in [1.54, 1.807) is 6.92 Å². The first kappa shape index (κ1) is 16.2. The number of urea groups is 1. The van der Waals surface area contributed by atoms with Gasteiger partial charge in [0.2, 0.25) is 5.91 Å². The van der Waals surface area contributed by atoms with Crippen molar-refractivity contribution in [2.75, 3.05) is 33.4 Å². The van der Waals surface area contributed by atoms with Gasteiger partial charge in [0, 0.05) is 39.6 Å². The highest BCUT2D eigenvalue weighted by Crippen LogP contribution is 2.21. The predicted molar refractivity (Wildman–Crippen MR) is 70.3 cm³/mol. The molecule has 1 saturated heterocycles. The molecular weight excluding hydrogens is 266 g/mol. The number of ether oxygens (including phenoxy) is 1. The molecule has 3 N–H and O–H groups in total. The van der Waals surface area contributed by atoms with Crippen LogP contribution in [-0.2, 0) is 14.3 Å². The summed E-state index contributed by atoms with van der Waals surface area (Å²) in [5.74, 6) is -1.39. The van der Waals surface area contributed by atoms with Crippen molar-refractivity contribution in [1.29, 1.82) is 0 Å². The number of carboxylic acid groups (broad SMARTS) is 1. The third kappa shape index (κ3) is 3.83. The van der Waals surface area contributed by atoms with E-state index in [2.05, 4.69) is 10.6 Å². The molecule has 1 aliphatic heterocycles. The highest BCUT2D eigenvalue weighted by Gasteiger charge is 2.42. The van der Waals surface area contributed by atoms with E-state index in [1.165, 1.54) is 11.9 Å². The Kier molecular flexibility index (Phi) is 5.75. The number of carboxylic acids is 1. The highest BCUT2D eigenvalue weighted by atomic mass is 16.5. The predicted octanol–water partition coefficient (Wildman–Crippen LogP) is -0.602. The van der Waals surface area contributed by atoms with Crippen LogP contribution < -0.4 is 10.6 Å². The average Bonchev–Trinajstić information content (AvgIpc) is 2.45. The minimum Gasteiger partial charge on any atom is -0.480 e. The Morgan fingerprint density at radius 2 is 1.90 bits per heavy atom. The maximum absolute atomic E-state index is 12.1. The van der Waals surface area contributed by atoms with E-state index < -0.39 is 17.5 Å². The average molecular weight is 287 g/mol. The lowest BCUT2D eigenvalue weighted by Crippen LogP contribution is -2.60. The summed E-state index contributed by atoms with van der Waals surface area (Å²) in [5.41, 5.74) is -1.31. The van der Waals surface area contributed by atoms with Crippen molar-refractivity contribution in [2.45, 2.75) is 25.3 Å². The van der Waals surface area contributed by atoms with E-state index in [1.807, 2.05) is 0 Å². The van der Waals surface area contributed by atoms with Crippen LogP contribution in [0.2, 0.25) is 0 Å². The van der Waals surface area contributed by atoms with Crippen molar-refractivity contribution in [2.24, 2.45) is 0 Å². The molecule has 0 saturated carbocycles. The summed E-state index contributed by atoms with van der Waals surface area (Å²) in [4.78, 5) is 36.2. The van der Waals surface area contributed by atoms with Crippen LogP contribution in [0, 0.1) is 0 Å². The van der Waals surface area contributed by atoms with Crippen molar-refractivity contribution in [3.05, 3.63) is 0 Å². The molecule has 1 rings (SSSR count). The summed E-state index contributed by atoms with van der Waals surface area (Å²) in [6.07, 6.45) is 0.428. The molecule has 8 heteroatoms. The van der Waals surface area contributed by atoms with Gasteiger partial charge in [0.05, 0.1) is 0 Å². The summed E-state index contributed by atoms with van der Waals surface area (Å²) in [7, 11) is 1.48. The third-order valence-electron chi connectivity index (χ3n) is 3.38. The summed E-state index contributed by atoms with van der Waals surface area (Å²) in [6, 6.07) is -0.555. The Balaban J connectivity index is 2.74. The third-order valence-corrected chi connectivity index (χ3v) is 3.38. The number of hydrogen-bond acceptors (Lipinski definition) is 4. The van der Waals surface area contributed by atoms with Gasteiger partial charge in [0.15, 0.2) is 0 Å². The lowest BCUT2D eigenvalue weighted by Gasteiger charge is -2.35. The van der Waals surface area contributed by atoms with Gasteiger partial charge < -0.3 is 25.4 Å². The van der Waals surface area contributed by atoms with Crippen LogP contribution in [0.5, 0.6) is 0 Å². The van der Waals surface area contributed by atoms with Crippen LogP contribution in [-0.4, -0.2) is 66.8 Å². The van der Waals surface area contributed by atoms with Crippen LogP contribution in [0.3, 0.4) is 0 Å². The van der Waals surface area contributed by atoms with Crippen LogP contribution in [0.15, 0.2) is 0 Å². The van der Waals surface area contributed by atoms with Gasteiger partial charge in [0.1, 0.15) is 12.1 Å². The van der Waals surface area contributed by atoms with E-state index in [-0.39, 0.29) is 38.5 Å². The number of amides is 3. The number of likely N-dealkylation sites (N-methyl/N-ethyl adjacent to an activating group) is 2. The number of nitrogens with zero attached hydrogens (tertiary/aromatic N) is 1. The number of nitrogens with one attached hydrogen (secondary N) is 2. The van der Waals surface area contributed by atoms with Gasteiger partial charge in [0.25, 0.3) is 0 Å². The van der Waals surface area contributed by atoms with Crippen LogP contribution in [0.1, 0.15) is 19.8 Å². The molecule has 0 radical (unpaired) electrons. The van der Waals surface area contributed by atoms with Crippen molar-refractivity contribution in [1.82, 2.24) is 15.5 Å². The van der Waals surface area contributed by atoms with E-state index in [0.29, 0.717) is 6.54 Å². The topological polar surface area (TPSA) is 108 Å². The monoisotopic (exact) mass is 287 g/mol. The number of carbonyl (C=O) groups excluding carboxylic acids is 2. The van der Waals surface area contributed by atoms with E-state index in [4.69, 9.17) is 4.74 Å². The van der Waals surface area contributed by atoms with Gasteiger partial charge in [-0.3, -0.25) is 4.79 Å². The molecule has 0 unspecified atom stereocenters. The van der Waals surface area contributed by atoms with E-state index in [9.17, 15) is 19.5 Å². The van der Waals surface area contributed by atoms with Crippen molar-refractivity contribution in [3.63, 3.8) is 0 Å². The molecule has 1 heterocycles. The van der Waals surface area contributed by atoms with E-state index in [0.717, 1.165) is 0 Å². The Morgan fingerprint density at radius 1 is 1.30 bits per heavy atom. The number of hydrogen-bond donors (Lipinski definition) is 3. The van der Waals surface area contributed by atoms with Gasteiger partial charge in [-0.25, -0.2) is 9.59 Å². The normalized spacial score (nSPS) is 17.1. The summed E-state index contributed by atoms with van der Waals surface area (Å²) >= 11 is 0. The first-order valence-electron chi connectivity index (χ1n) is 6.54.